The van der Waals surface area contributed by atoms with Crippen molar-refractivity contribution in [3.8, 4) is 0 Å². The molecule has 1 rings (SSSR count). The van der Waals surface area contributed by atoms with E-state index in [0.29, 0.717) is 0 Å². The minimum absolute atomic E-state index is 0.0894. The molecule has 2 nitrogen and oxygen atoms in total. The van der Waals surface area contributed by atoms with E-state index in [0.717, 1.165) is 28.7 Å². The summed E-state index contributed by atoms with van der Waals surface area (Å²) in [6.45, 7) is 4.75. The van der Waals surface area contributed by atoms with Crippen LogP contribution >= 0.6 is 15.9 Å². The molecule has 0 heterocycles. The van der Waals surface area contributed by atoms with Crippen LogP contribution in [0.1, 0.15) is 30.6 Å². The summed E-state index contributed by atoms with van der Waals surface area (Å²) < 4.78 is 0.871. The quantitative estimate of drug-likeness (QED) is 0.780. The van der Waals surface area contributed by atoms with E-state index in [9.17, 15) is 4.79 Å². The summed E-state index contributed by atoms with van der Waals surface area (Å²) in [5.41, 5.74) is 1.87. The molecular formula is C12H16BrNO. The lowest BCUT2D eigenvalue weighted by atomic mass is 10.1. The Morgan fingerprint density at radius 3 is 2.60 bits per heavy atom. The normalized spacial score (nSPS) is 10.1. The van der Waals surface area contributed by atoms with Crippen LogP contribution in [0.25, 0.3) is 0 Å². The second-order valence-corrected chi connectivity index (χ2v) is 4.50. The van der Waals surface area contributed by atoms with Gasteiger partial charge in [0.25, 0.3) is 0 Å². The average molecular weight is 270 g/mol. The molecule has 0 atom stereocenters. The molecule has 0 radical (unpaired) electrons. The highest BCUT2D eigenvalue weighted by Crippen LogP contribution is 2.24. The number of hydrogen-bond acceptors (Lipinski definition) is 2. The number of rotatable bonds is 4. The van der Waals surface area contributed by atoms with Crippen LogP contribution in [-0.4, -0.2) is 19.4 Å². The van der Waals surface area contributed by atoms with Crippen LogP contribution in [0.5, 0.6) is 0 Å². The smallest absolute Gasteiger partial charge is 0.160 e. The third kappa shape index (κ3) is 3.06. The van der Waals surface area contributed by atoms with Crippen molar-refractivity contribution in [1.82, 2.24) is 0 Å². The van der Waals surface area contributed by atoms with E-state index in [1.165, 1.54) is 0 Å². The Balaban J connectivity index is 2.96. The number of hydrogen-bond donors (Lipinski definition) is 0. The molecule has 0 amide bonds. The van der Waals surface area contributed by atoms with E-state index in [2.05, 4.69) is 34.8 Å². The van der Waals surface area contributed by atoms with Gasteiger partial charge in [-0.05, 0) is 47.5 Å². The molecule has 1 aromatic rings. The molecule has 0 saturated carbocycles. The molecule has 0 bridgehead atoms. The maximum Gasteiger partial charge on any atom is 0.160 e. The molecule has 0 fully saturated rings. The Labute approximate surface area is 99.4 Å². The molecular weight excluding hydrogens is 254 g/mol. The van der Waals surface area contributed by atoms with E-state index >= 15 is 0 Å². The number of carbonyl (C=O) groups is 1. The Bertz CT molecular complexity index is 363. The van der Waals surface area contributed by atoms with Crippen LogP contribution in [0.15, 0.2) is 22.7 Å². The van der Waals surface area contributed by atoms with E-state index in [1.54, 1.807) is 6.92 Å². The van der Waals surface area contributed by atoms with Gasteiger partial charge in [-0.3, -0.25) is 4.79 Å². The predicted octanol–water partition coefficient (Wildman–Crippen LogP) is 3.50. The molecule has 0 unspecified atom stereocenters. The van der Waals surface area contributed by atoms with E-state index in [-0.39, 0.29) is 5.78 Å². The maximum atomic E-state index is 11.2. The Morgan fingerprint density at radius 2 is 2.13 bits per heavy atom. The molecule has 15 heavy (non-hydrogen) atoms. The molecule has 82 valence electrons. The molecule has 0 saturated heterocycles. The Kier molecular flexibility index (Phi) is 4.33. The highest BCUT2D eigenvalue weighted by Gasteiger charge is 2.07. The molecule has 0 aliphatic rings. The van der Waals surface area contributed by atoms with Crippen LogP contribution in [-0.2, 0) is 0 Å². The highest BCUT2D eigenvalue weighted by molar-refractivity contribution is 9.10. The standard InChI is InChI=1S/C12H16BrNO/c1-4-7-14(3)10-5-6-11(9(2)15)12(13)8-10/h5-6,8H,4,7H2,1-3H3. The number of anilines is 1. The molecule has 0 aromatic heterocycles. The SMILES string of the molecule is CCCN(C)c1ccc(C(C)=O)c(Br)c1. The van der Waals surface area contributed by atoms with Gasteiger partial charge in [0.1, 0.15) is 0 Å². The monoisotopic (exact) mass is 269 g/mol. The van der Waals surface area contributed by atoms with Crippen LogP contribution < -0.4 is 4.90 Å². The summed E-state index contributed by atoms with van der Waals surface area (Å²) in [6.07, 6.45) is 1.11. The zero-order valence-corrected chi connectivity index (χ0v) is 11.0. The third-order valence-corrected chi connectivity index (χ3v) is 2.99. The fourth-order valence-electron chi connectivity index (χ4n) is 1.49. The number of nitrogens with zero attached hydrogens (tertiary/aromatic N) is 1. The predicted molar refractivity (Wildman–Crippen MR) is 67.7 cm³/mol. The number of benzene rings is 1. The Morgan fingerprint density at radius 1 is 1.47 bits per heavy atom. The van der Waals surface area contributed by atoms with E-state index < -0.39 is 0 Å². The summed E-state index contributed by atoms with van der Waals surface area (Å²) >= 11 is 3.42. The fraction of sp³-hybridized carbons (Fsp3) is 0.417. The first-order chi connectivity index (χ1) is 7.06. The van der Waals surface area contributed by atoms with Crippen molar-refractivity contribution in [3.05, 3.63) is 28.2 Å². The lowest BCUT2D eigenvalue weighted by Gasteiger charge is -2.19. The molecule has 1 aromatic carbocycles. The molecule has 0 aliphatic heterocycles. The number of Topliss-reactive ketones (excluding diaryl/α,β-unsaturated/α-hetero) is 1. The van der Waals surface area contributed by atoms with Crippen molar-refractivity contribution in [3.63, 3.8) is 0 Å². The minimum Gasteiger partial charge on any atom is -0.375 e. The maximum absolute atomic E-state index is 11.2. The van der Waals surface area contributed by atoms with Crippen molar-refractivity contribution in [1.29, 1.82) is 0 Å². The van der Waals surface area contributed by atoms with Crippen LogP contribution in [0.2, 0.25) is 0 Å². The second kappa shape index (κ2) is 5.31. The molecule has 3 heteroatoms. The summed E-state index contributed by atoms with van der Waals surface area (Å²) in [4.78, 5) is 13.4. The van der Waals surface area contributed by atoms with Crippen LogP contribution in [0.4, 0.5) is 5.69 Å². The largest absolute Gasteiger partial charge is 0.375 e. The lowest BCUT2D eigenvalue weighted by molar-refractivity contribution is 0.101. The van der Waals surface area contributed by atoms with Crippen molar-refractivity contribution < 1.29 is 4.79 Å². The first-order valence-corrected chi connectivity index (χ1v) is 5.87. The van der Waals surface area contributed by atoms with Crippen molar-refractivity contribution in [2.24, 2.45) is 0 Å². The van der Waals surface area contributed by atoms with Gasteiger partial charge in [-0.15, -0.1) is 0 Å². The van der Waals surface area contributed by atoms with Gasteiger partial charge in [0.05, 0.1) is 0 Å². The number of carbonyl (C=O) groups excluding carboxylic acids is 1. The van der Waals surface area contributed by atoms with Crippen LogP contribution in [0, 0.1) is 0 Å². The van der Waals surface area contributed by atoms with Gasteiger partial charge in [-0.1, -0.05) is 6.92 Å². The molecule has 0 spiro atoms. The van der Waals surface area contributed by atoms with Gasteiger partial charge in [-0.2, -0.15) is 0 Å². The summed E-state index contributed by atoms with van der Waals surface area (Å²) in [5.74, 6) is 0.0894. The lowest BCUT2D eigenvalue weighted by Crippen LogP contribution is -2.17. The first kappa shape index (κ1) is 12.2. The first-order valence-electron chi connectivity index (χ1n) is 5.08. The summed E-state index contributed by atoms with van der Waals surface area (Å²) in [6, 6.07) is 5.84. The van der Waals surface area contributed by atoms with Crippen LogP contribution in [0.3, 0.4) is 0 Å². The number of halogens is 1. The zero-order chi connectivity index (χ0) is 11.4. The average Bonchev–Trinajstić information content (AvgIpc) is 2.17. The van der Waals surface area contributed by atoms with Crippen molar-refractivity contribution >= 4 is 27.4 Å². The Hall–Kier alpha value is -0.830. The van der Waals surface area contributed by atoms with Gasteiger partial charge in [0, 0.05) is 29.3 Å². The summed E-state index contributed by atoms with van der Waals surface area (Å²) in [5, 5.41) is 0. The van der Waals surface area contributed by atoms with Gasteiger partial charge in [-0.25, -0.2) is 0 Å². The molecule has 0 aliphatic carbocycles. The molecule has 0 N–H and O–H groups in total. The number of ketones is 1. The minimum atomic E-state index is 0.0894. The fourth-order valence-corrected chi connectivity index (χ4v) is 2.14. The van der Waals surface area contributed by atoms with Crippen molar-refractivity contribution in [2.75, 3.05) is 18.5 Å². The van der Waals surface area contributed by atoms with Crippen molar-refractivity contribution in [2.45, 2.75) is 20.3 Å². The van der Waals surface area contributed by atoms with Gasteiger partial charge < -0.3 is 4.90 Å². The van der Waals surface area contributed by atoms with E-state index in [1.807, 2.05) is 18.2 Å². The van der Waals surface area contributed by atoms with E-state index in [4.69, 9.17) is 0 Å². The summed E-state index contributed by atoms with van der Waals surface area (Å²) in [7, 11) is 2.05. The topological polar surface area (TPSA) is 20.3 Å². The third-order valence-electron chi connectivity index (χ3n) is 2.33. The van der Waals surface area contributed by atoms with Gasteiger partial charge in [0.15, 0.2) is 5.78 Å². The van der Waals surface area contributed by atoms with Gasteiger partial charge >= 0.3 is 0 Å². The van der Waals surface area contributed by atoms with Gasteiger partial charge in [0.2, 0.25) is 0 Å². The highest BCUT2D eigenvalue weighted by atomic mass is 79.9. The zero-order valence-electron chi connectivity index (χ0n) is 9.38. The second-order valence-electron chi connectivity index (χ2n) is 3.64.